The van der Waals surface area contributed by atoms with Crippen LogP contribution < -0.4 is 21.5 Å². The van der Waals surface area contributed by atoms with E-state index in [2.05, 4.69) is 35.9 Å². The van der Waals surface area contributed by atoms with Gasteiger partial charge in [0.2, 0.25) is 5.91 Å². The first-order valence-electron chi connectivity index (χ1n) is 11.7. The SMILES string of the molecule is CC[C@@H](C(=O)N[C@@H](CC(=O)O)C(=O)CNCc1ccccc1)n1ccnc(NCc2nonc2C)c1=O. The molecule has 0 aliphatic heterocycles. The Kier molecular flexibility index (Phi) is 9.61. The lowest BCUT2D eigenvalue weighted by molar-refractivity contribution is -0.140. The van der Waals surface area contributed by atoms with Crippen LogP contribution in [0.15, 0.2) is 52.1 Å². The number of nitrogens with zero attached hydrogens (tertiary/aromatic N) is 4. The van der Waals surface area contributed by atoms with E-state index in [4.69, 9.17) is 0 Å². The number of anilines is 1. The maximum Gasteiger partial charge on any atom is 0.305 e. The van der Waals surface area contributed by atoms with Crippen LogP contribution in [0.1, 0.15) is 42.8 Å². The van der Waals surface area contributed by atoms with E-state index in [1.54, 1.807) is 13.8 Å². The zero-order valence-electron chi connectivity index (χ0n) is 20.5. The highest BCUT2D eigenvalue weighted by Gasteiger charge is 2.28. The van der Waals surface area contributed by atoms with Gasteiger partial charge in [-0.25, -0.2) is 9.61 Å². The Morgan fingerprint density at radius 2 is 1.89 bits per heavy atom. The van der Waals surface area contributed by atoms with E-state index in [1.807, 2.05) is 30.3 Å². The molecule has 13 heteroatoms. The third-order valence-electron chi connectivity index (χ3n) is 5.62. The molecular formula is C24H29N7O6. The zero-order chi connectivity index (χ0) is 26.8. The summed E-state index contributed by atoms with van der Waals surface area (Å²) in [6, 6.07) is 7.13. The molecule has 196 valence electrons. The molecule has 0 aliphatic carbocycles. The number of hydrogen-bond donors (Lipinski definition) is 4. The van der Waals surface area contributed by atoms with Crippen LogP contribution in [0.5, 0.6) is 0 Å². The summed E-state index contributed by atoms with van der Waals surface area (Å²) in [6.45, 7) is 3.81. The third kappa shape index (κ3) is 7.54. The number of aryl methyl sites for hydroxylation is 1. The van der Waals surface area contributed by atoms with Gasteiger partial charge in [-0.15, -0.1) is 0 Å². The van der Waals surface area contributed by atoms with Crippen molar-refractivity contribution in [2.75, 3.05) is 11.9 Å². The van der Waals surface area contributed by atoms with Gasteiger partial charge in [0, 0.05) is 18.9 Å². The second kappa shape index (κ2) is 13.1. The van der Waals surface area contributed by atoms with Crippen molar-refractivity contribution in [3.8, 4) is 0 Å². The van der Waals surface area contributed by atoms with Crippen molar-refractivity contribution in [2.45, 2.75) is 51.9 Å². The van der Waals surface area contributed by atoms with Crippen LogP contribution in [0.2, 0.25) is 0 Å². The van der Waals surface area contributed by atoms with Crippen LogP contribution in [0.25, 0.3) is 0 Å². The number of nitrogens with one attached hydrogen (secondary N) is 3. The summed E-state index contributed by atoms with van der Waals surface area (Å²) in [7, 11) is 0. The highest BCUT2D eigenvalue weighted by Crippen LogP contribution is 2.12. The fourth-order valence-corrected chi connectivity index (χ4v) is 3.61. The van der Waals surface area contributed by atoms with Gasteiger partial charge < -0.3 is 21.1 Å². The Hall–Kier alpha value is -4.39. The van der Waals surface area contributed by atoms with Crippen molar-refractivity contribution < 1.29 is 24.1 Å². The lowest BCUT2D eigenvalue weighted by Gasteiger charge is -2.22. The molecule has 0 saturated heterocycles. The Bertz CT molecular complexity index is 1270. The van der Waals surface area contributed by atoms with E-state index < -0.39 is 41.7 Å². The highest BCUT2D eigenvalue weighted by molar-refractivity contribution is 5.93. The van der Waals surface area contributed by atoms with Crippen molar-refractivity contribution >= 4 is 23.5 Å². The second-order valence-electron chi connectivity index (χ2n) is 8.28. The molecule has 3 rings (SSSR count). The molecule has 0 bridgehead atoms. The molecule has 2 atom stereocenters. The molecule has 0 aliphatic rings. The summed E-state index contributed by atoms with van der Waals surface area (Å²) >= 11 is 0. The van der Waals surface area contributed by atoms with Gasteiger partial charge in [-0.05, 0) is 18.9 Å². The number of benzene rings is 1. The summed E-state index contributed by atoms with van der Waals surface area (Å²) in [5.41, 5.74) is 1.44. The lowest BCUT2D eigenvalue weighted by Crippen LogP contribution is -2.48. The molecular weight excluding hydrogens is 482 g/mol. The molecule has 2 heterocycles. The largest absolute Gasteiger partial charge is 0.481 e. The predicted molar refractivity (Wildman–Crippen MR) is 132 cm³/mol. The molecule has 0 fully saturated rings. The lowest BCUT2D eigenvalue weighted by atomic mass is 10.1. The molecule has 0 radical (unpaired) electrons. The minimum Gasteiger partial charge on any atom is -0.481 e. The number of carbonyl (C=O) groups excluding carboxylic acids is 2. The van der Waals surface area contributed by atoms with Gasteiger partial charge in [-0.1, -0.05) is 47.6 Å². The average Bonchev–Trinajstić information content (AvgIpc) is 3.29. The van der Waals surface area contributed by atoms with Gasteiger partial charge in [0.05, 0.1) is 25.6 Å². The Balaban J connectivity index is 1.68. The van der Waals surface area contributed by atoms with Crippen molar-refractivity contribution in [2.24, 2.45) is 0 Å². The maximum atomic E-state index is 13.1. The number of hydrogen-bond acceptors (Lipinski definition) is 10. The normalized spacial score (nSPS) is 12.5. The fraction of sp³-hybridized carbons (Fsp3) is 0.375. The van der Waals surface area contributed by atoms with Gasteiger partial charge in [-0.2, -0.15) is 0 Å². The molecule has 37 heavy (non-hydrogen) atoms. The topological polar surface area (TPSA) is 181 Å². The smallest absolute Gasteiger partial charge is 0.305 e. The zero-order valence-corrected chi connectivity index (χ0v) is 20.5. The summed E-state index contributed by atoms with van der Waals surface area (Å²) in [5, 5.41) is 25.0. The van der Waals surface area contributed by atoms with E-state index in [1.165, 1.54) is 17.0 Å². The minimum atomic E-state index is -1.26. The molecule has 0 unspecified atom stereocenters. The number of aromatic nitrogens is 4. The Labute approximate surface area is 212 Å². The number of rotatable bonds is 14. The monoisotopic (exact) mass is 511 g/mol. The number of ketones is 1. The third-order valence-corrected chi connectivity index (χ3v) is 5.62. The van der Waals surface area contributed by atoms with Crippen LogP contribution in [-0.4, -0.2) is 55.2 Å². The van der Waals surface area contributed by atoms with Crippen LogP contribution in [-0.2, 0) is 27.5 Å². The van der Waals surface area contributed by atoms with Crippen molar-refractivity contribution in [3.63, 3.8) is 0 Å². The fourth-order valence-electron chi connectivity index (χ4n) is 3.61. The quantitative estimate of drug-likeness (QED) is 0.240. The molecule has 3 aromatic rings. The minimum absolute atomic E-state index is 0.0144. The first-order chi connectivity index (χ1) is 17.8. The molecule has 13 nitrogen and oxygen atoms in total. The van der Waals surface area contributed by atoms with Gasteiger partial charge >= 0.3 is 5.97 Å². The molecule has 0 spiro atoms. The molecule has 0 saturated carbocycles. The summed E-state index contributed by atoms with van der Waals surface area (Å²) < 4.78 is 5.82. The number of aliphatic carboxylic acids is 1. The molecule has 1 aromatic carbocycles. The Morgan fingerprint density at radius 3 is 2.54 bits per heavy atom. The first-order valence-corrected chi connectivity index (χ1v) is 11.7. The van der Waals surface area contributed by atoms with Crippen LogP contribution in [0.4, 0.5) is 5.82 Å². The number of carboxylic acid groups (broad SMARTS) is 1. The van der Waals surface area contributed by atoms with E-state index in [0.29, 0.717) is 17.9 Å². The maximum absolute atomic E-state index is 13.1. The van der Waals surface area contributed by atoms with E-state index in [0.717, 1.165) is 5.56 Å². The average molecular weight is 512 g/mol. The second-order valence-corrected chi connectivity index (χ2v) is 8.28. The van der Waals surface area contributed by atoms with Gasteiger partial charge in [0.15, 0.2) is 11.6 Å². The van der Waals surface area contributed by atoms with Gasteiger partial charge in [0.25, 0.3) is 5.56 Å². The standard InChI is InChI=1S/C24H29N7O6/c1-3-19(31-10-9-26-22(24(31)36)27-13-18-15(2)29-37-30-18)23(35)28-17(11-21(33)34)20(32)14-25-12-16-7-5-4-6-8-16/h4-10,17,19,25H,3,11-14H2,1-2H3,(H,26,27)(H,28,35)(H,33,34)/t17-,19-/m0/s1. The number of carboxylic acids is 1. The van der Waals surface area contributed by atoms with Crippen molar-refractivity contribution in [3.05, 3.63) is 70.0 Å². The number of amides is 1. The van der Waals surface area contributed by atoms with E-state index in [9.17, 15) is 24.3 Å². The van der Waals surface area contributed by atoms with Crippen molar-refractivity contribution in [1.82, 2.24) is 30.5 Å². The number of carbonyl (C=O) groups is 3. The molecule has 2 aromatic heterocycles. The predicted octanol–water partition coefficient (Wildman–Crippen LogP) is 0.816. The summed E-state index contributed by atoms with van der Waals surface area (Å²) in [5.74, 6) is -2.39. The first kappa shape index (κ1) is 27.2. The summed E-state index contributed by atoms with van der Waals surface area (Å²) in [4.78, 5) is 54.3. The van der Waals surface area contributed by atoms with Crippen LogP contribution in [0.3, 0.4) is 0 Å². The van der Waals surface area contributed by atoms with Crippen LogP contribution >= 0.6 is 0 Å². The number of Topliss-reactive ketones (excluding diaryl/α,β-unsaturated/α-hetero) is 1. The van der Waals surface area contributed by atoms with E-state index >= 15 is 0 Å². The molecule has 4 N–H and O–H groups in total. The Morgan fingerprint density at radius 1 is 1.14 bits per heavy atom. The highest BCUT2D eigenvalue weighted by atomic mass is 16.6. The van der Waals surface area contributed by atoms with Crippen LogP contribution in [0, 0.1) is 6.92 Å². The molecule has 1 amide bonds. The van der Waals surface area contributed by atoms with Gasteiger partial charge in [-0.3, -0.25) is 23.7 Å². The van der Waals surface area contributed by atoms with Gasteiger partial charge in [0.1, 0.15) is 17.4 Å². The summed E-state index contributed by atoms with van der Waals surface area (Å²) in [6.07, 6.45) is 2.35. The van der Waals surface area contributed by atoms with E-state index in [-0.39, 0.29) is 25.3 Å². The van der Waals surface area contributed by atoms with Crippen molar-refractivity contribution in [1.29, 1.82) is 0 Å².